The van der Waals surface area contributed by atoms with Gasteiger partial charge in [-0.25, -0.2) is 4.39 Å². The molecule has 3 heteroatoms. The zero-order valence-corrected chi connectivity index (χ0v) is 8.60. The zero-order valence-electron chi connectivity index (χ0n) is 7.03. The number of hydrogen-bond acceptors (Lipinski definition) is 1. The fourth-order valence-electron chi connectivity index (χ4n) is 0.895. The third kappa shape index (κ3) is 1.93. The van der Waals surface area contributed by atoms with Crippen molar-refractivity contribution in [2.75, 3.05) is 5.75 Å². The molecule has 1 rings (SSSR count). The highest BCUT2D eigenvalue weighted by molar-refractivity contribution is 7.99. The fraction of sp³-hybridized carbons (Fsp3) is 0.333. The molecule has 0 saturated carbocycles. The average molecular weight is 205 g/mol. The molecule has 0 fully saturated rings. The van der Waals surface area contributed by atoms with E-state index in [4.69, 9.17) is 11.6 Å². The molecule has 0 amide bonds. The minimum Gasteiger partial charge on any atom is -0.204 e. The topological polar surface area (TPSA) is 0 Å². The van der Waals surface area contributed by atoms with Crippen LogP contribution in [0.25, 0.3) is 0 Å². The molecular weight excluding hydrogens is 195 g/mol. The summed E-state index contributed by atoms with van der Waals surface area (Å²) in [5.41, 5.74) is 0.787. The molecule has 0 unspecified atom stereocenters. The highest BCUT2D eigenvalue weighted by Gasteiger charge is 2.08. The van der Waals surface area contributed by atoms with Crippen LogP contribution in [-0.4, -0.2) is 5.75 Å². The largest absolute Gasteiger partial charge is 0.204 e. The van der Waals surface area contributed by atoms with Crippen molar-refractivity contribution in [2.45, 2.75) is 18.7 Å². The molecular formula is C9H10ClFS. The number of hydrogen-bond donors (Lipinski definition) is 0. The molecule has 0 aliphatic heterocycles. The Hall–Kier alpha value is -0.210. The summed E-state index contributed by atoms with van der Waals surface area (Å²) in [4.78, 5) is 0.633. The SMILES string of the molecule is CCSc1ccc(C)c(Cl)c1F. The van der Waals surface area contributed by atoms with E-state index in [0.29, 0.717) is 4.90 Å². The summed E-state index contributed by atoms with van der Waals surface area (Å²) in [6.07, 6.45) is 0. The minimum absolute atomic E-state index is 0.244. The lowest BCUT2D eigenvalue weighted by Gasteiger charge is -2.04. The second-order valence-corrected chi connectivity index (χ2v) is 4.13. The highest BCUT2D eigenvalue weighted by atomic mass is 35.5. The van der Waals surface area contributed by atoms with Crippen LogP contribution in [0.15, 0.2) is 17.0 Å². The normalized spacial score (nSPS) is 10.3. The molecule has 66 valence electrons. The molecule has 0 heterocycles. The Labute approximate surface area is 81.1 Å². The Morgan fingerprint density at radius 2 is 2.17 bits per heavy atom. The Morgan fingerprint density at radius 1 is 1.50 bits per heavy atom. The van der Waals surface area contributed by atoms with Crippen molar-refractivity contribution in [3.63, 3.8) is 0 Å². The van der Waals surface area contributed by atoms with Crippen molar-refractivity contribution in [3.8, 4) is 0 Å². The smallest absolute Gasteiger partial charge is 0.155 e. The second kappa shape index (κ2) is 4.15. The second-order valence-electron chi connectivity index (χ2n) is 2.44. The first-order valence-corrected chi connectivity index (χ1v) is 5.10. The van der Waals surface area contributed by atoms with Gasteiger partial charge in [0.1, 0.15) is 0 Å². The number of halogens is 2. The van der Waals surface area contributed by atoms with E-state index < -0.39 is 0 Å². The first-order chi connectivity index (χ1) is 5.66. The van der Waals surface area contributed by atoms with Crippen LogP contribution in [0.2, 0.25) is 5.02 Å². The third-order valence-corrected chi connectivity index (χ3v) is 2.92. The zero-order chi connectivity index (χ0) is 9.14. The van der Waals surface area contributed by atoms with Gasteiger partial charge in [0.15, 0.2) is 5.82 Å². The van der Waals surface area contributed by atoms with E-state index in [0.717, 1.165) is 11.3 Å². The average Bonchev–Trinajstić information content (AvgIpc) is 2.07. The van der Waals surface area contributed by atoms with Gasteiger partial charge in [-0.05, 0) is 24.3 Å². The maximum atomic E-state index is 13.3. The van der Waals surface area contributed by atoms with Crippen molar-refractivity contribution < 1.29 is 4.39 Å². The van der Waals surface area contributed by atoms with E-state index in [9.17, 15) is 4.39 Å². The molecule has 0 aliphatic rings. The van der Waals surface area contributed by atoms with Crippen molar-refractivity contribution >= 4 is 23.4 Å². The van der Waals surface area contributed by atoms with E-state index in [2.05, 4.69) is 0 Å². The van der Waals surface area contributed by atoms with Gasteiger partial charge < -0.3 is 0 Å². The Kier molecular flexibility index (Phi) is 3.41. The highest BCUT2D eigenvalue weighted by Crippen LogP contribution is 2.28. The predicted octanol–water partition coefficient (Wildman–Crippen LogP) is 3.90. The maximum Gasteiger partial charge on any atom is 0.155 e. The number of aryl methyl sites for hydroxylation is 1. The van der Waals surface area contributed by atoms with Crippen LogP contribution in [0, 0.1) is 12.7 Å². The fourth-order valence-corrected chi connectivity index (χ4v) is 1.82. The third-order valence-electron chi connectivity index (χ3n) is 1.54. The van der Waals surface area contributed by atoms with Crippen molar-refractivity contribution in [1.82, 2.24) is 0 Å². The standard InChI is InChI=1S/C9H10ClFS/c1-3-12-7-5-4-6(2)8(10)9(7)11/h4-5H,3H2,1-2H3. The van der Waals surface area contributed by atoms with Gasteiger partial charge in [0.05, 0.1) is 5.02 Å². The number of rotatable bonds is 2. The van der Waals surface area contributed by atoms with Gasteiger partial charge in [0.25, 0.3) is 0 Å². The predicted molar refractivity (Wildman–Crippen MR) is 52.5 cm³/mol. The summed E-state index contributed by atoms with van der Waals surface area (Å²) >= 11 is 7.20. The molecule has 0 spiro atoms. The first-order valence-electron chi connectivity index (χ1n) is 3.74. The van der Waals surface area contributed by atoms with Gasteiger partial charge in [-0.3, -0.25) is 0 Å². The Morgan fingerprint density at radius 3 is 2.75 bits per heavy atom. The van der Waals surface area contributed by atoms with Crippen LogP contribution in [0.4, 0.5) is 4.39 Å². The maximum absolute atomic E-state index is 13.3. The minimum atomic E-state index is -0.288. The lowest BCUT2D eigenvalue weighted by molar-refractivity contribution is 0.601. The van der Waals surface area contributed by atoms with Crippen LogP contribution in [0.3, 0.4) is 0 Å². The van der Waals surface area contributed by atoms with Gasteiger partial charge in [-0.15, -0.1) is 11.8 Å². The van der Waals surface area contributed by atoms with Gasteiger partial charge in [0.2, 0.25) is 0 Å². The van der Waals surface area contributed by atoms with Gasteiger partial charge in [-0.1, -0.05) is 24.6 Å². The molecule has 0 radical (unpaired) electrons. The summed E-state index contributed by atoms with van der Waals surface area (Å²) < 4.78 is 13.3. The molecule has 0 bridgehead atoms. The molecule has 0 aliphatic carbocycles. The van der Waals surface area contributed by atoms with E-state index in [1.54, 1.807) is 13.0 Å². The van der Waals surface area contributed by atoms with Crippen LogP contribution >= 0.6 is 23.4 Å². The summed E-state index contributed by atoms with van der Waals surface area (Å²) in [6.45, 7) is 3.78. The van der Waals surface area contributed by atoms with Crippen molar-refractivity contribution in [2.24, 2.45) is 0 Å². The molecule has 1 aromatic carbocycles. The molecule has 1 aromatic rings. The molecule has 12 heavy (non-hydrogen) atoms. The molecule has 0 saturated heterocycles. The van der Waals surface area contributed by atoms with Gasteiger partial charge >= 0.3 is 0 Å². The van der Waals surface area contributed by atoms with E-state index in [-0.39, 0.29) is 10.8 Å². The van der Waals surface area contributed by atoms with Crippen LogP contribution in [-0.2, 0) is 0 Å². The quantitative estimate of drug-likeness (QED) is 0.659. The van der Waals surface area contributed by atoms with Crippen LogP contribution in [0.1, 0.15) is 12.5 Å². The summed E-state index contributed by atoms with van der Waals surface area (Å²) in [5.74, 6) is 0.569. The molecule has 0 atom stereocenters. The lowest BCUT2D eigenvalue weighted by Crippen LogP contribution is -1.86. The monoisotopic (exact) mass is 204 g/mol. The van der Waals surface area contributed by atoms with Gasteiger partial charge in [0, 0.05) is 4.90 Å². The van der Waals surface area contributed by atoms with E-state index >= 15 is 0 Å². The van der Waals surface area contributed by atoms with E-state index in [1.165, 1.54) is 11.8 Å². The molecule has 0 aromatic heterocycles. The Balaban J connectivity index is 3.08. The van der Waals surface area contributed by atoms with Gasteiger partial charge in [-0.2, -0.15) is 0 Å². The molecule has 0 nitrogen and oxygen atoms in total. The van der Waals surface area contributed by atoms with Crippen LogP contribution in [0.5, 0.6) is 0 Å². The lowest BCUT2D eigenvalue weighted by atomic mass is 10.2. The summed E-state index contributed by atoms with van der Waals surface area (Å²) in [7, 11) is 0. The number of thioether (sulfide) groups is 1. The summed E-state index contributed by atoms with van der Waals surface area (Å²) in [5, 5.41) is 0.244. The summed E-state index contributed by atoms with van der Waals surface area (Å²) in [6, 6.07) is 3.61. The first kappa shape index (κ1) is 9.87. The van der Waals surface area contributed by atoms with Crippen molar-refractivity contribution in [1.29, 1.82) is 0 Å². The van der Waals surface area contributed by atoms with Crippen LogP contribution < -0.4 is 0 Å². The number of benzene rings is 1. The van der Waals surface area contributed by atoms with E-state index in [1.807, 2.05) is 13.0 Å². The Bertz CT molecular complexity index is 286. The van der Waals surface area contributed by atoms with Crippen molar-refractivity contribution in [3.05, 3.63) is 28.5 Å². The molecule has 0 N–H and O–H groups in total.